The molecular formula is C10H11BrN2OS. The maximum Gasteiger partial charge on any atom is 0.242 e. The van der Waals surface area contributed by atoms with Crippen LogP contribution in [0, 0.1) is 0 Å². The van der Waals surface area contributed by atoms with Crippen LogP contribution in [-0.2, 0) is 4.79 Å². The van der Waals surface area contributed by atoms with E-state index in [1.54, 1.807) is 11.8 Å². The lowest BCUT2D eigenvalue weighted by atomic mass is 10.3. The van der Waals surface area contributed by atoms with E-state index in [9.17, 15) is 4.79 Å². The summed E-state index contributed by atoms with van der Waals surface area (Å²) in [5.74, 6) is 1.75. The largest absolute Gasteiger partial charge is 0.325 e. The van der Waals surface area contributed by atoms with Gasteiger partial charge in [-0.2, -0.15) is 0 Å². The Morgan fingerprint density at radius 3 is 2.80 bits per heavy atom. The Bertz CT molecular complexity index is 349. The number of nitrogens with one attached hydrogen (secondary N) is 2. The normalized spacial score (nSPS) is 20.2. The third-order valence-corrected chi connectivity index (χ3v) is 3.61. The van der Waals surface area contributed by atoms with Crippen molar-refractivity contribution in [3.63, 3.8) is 0 Å². The smallest absolute Gasteiger partial charge is 0.242 e. The molecule has 15 heavy (non-hydrogen) atoms. The van der Waals surface area contributed by atoms with Crippen LogP contribution in [0.15, 0.2) is 28.7 Å². The van der Waals surface area contributed by atoms with Gasteiger partial charge in [0, 0.05) is 21.8 Å². The molecule has 0 spiro atoms. The maximum absolute atomic E-state index is 11.7. The van der Waals surface area contributed by atoms with Crippen LogP contribution in [0.4, 0.5) is 5.69 Å². The Morgan fingerprint density at radius 1 is 1.47 bits per heavy atom. The van der Waals surface area contributed by atoms with Crippen LogP contribution in [0.3, 0.4) is 0 Å². The lowest BCUT2D eigenvalue weighted by molar-refractivity contribution is -0.117. The molecule has 1 aliphatic heterocycles. The maximum atomic E-state index is 11.7. The molecule has 0 radical (unpaired) electrons. The van der Waals surface area contributed by atoms with Gasteiger partial charge in [-0.3, -0.25) is 10.1 Å². The number of benzene rings is 1. The predicted octanol–water partition coefficient (Wildman–Crippen LogP) is 2.05. The van der Waals surface area contributed by atoms with Gasteiger partial charge in [0.25, 0.3) is 0 Å². The quantitative estimate of drug-likeness (QED) is 0.874. The first kappa shape index (κ1) is 11.0. The van der Waals surface area contributed by atoms with E-state index < -0.39 is 0 Å². The van der Waals surface area contributed by atoms with E-state index in [2.05, 4.69) is 26.6 Å². The van der Waals surface area contributed by atoms with Crippen LogP contribution in [0.2, 0.25) is 0 Å². The van der Waals surface area contributed by atoms with Gasteiger partial charge in [0.2, 0.25) is 5.91 Å². The highest BCUT2D eigenvalue weighted by molar-refractivity contribution is 9.10. The fourth-order valence-electron chi connectivity index (χ4n) is 1.33. The zero-order valence-electron chi connectivity index (χ0n) is 8.00. The molecule has 1 heterocycles. The van der Waals surface area contributed by atoms with Gasteiger partial charge in [-0.1, -0.05) is 15.9 Å². The van der Waals surface area contributed by atoms with Crippen molar-refractivity contribution < 1.29 is 4.79 Å². The van der Waals surface area contributed by atoms with Gasteiger partial charge in [0.05, 0.1) is 6.04 Å². The summed E-state index contributed by atoms with van der Waals surface area (Å²) in [5, 5.41) is 6.01. The van der Waals surface area contributed by atoms with Crippen molar-refractivity contribution in [1.82, 2.24) is 5.32 Å². The van der Waals surface area contributed by atoms with Crippen molar-refractivity contribution in [3.05, 3.63) is 28.7 Å². The number of hydrogen-bond donors (Lipinski definition) is 2. The molecule has 1 fully saturated rings. The number of halogens is 1. The zero-order chi connectivity index (χ0) is 10.7. The number of hydrogen-bond acceptors (Lipinski definition) is 3. The van der Waals surface area contributed by atoms with Crippen molar-refractivity contribution in [2.75, 3.05) is 16.9 Å². The predicted molar refractivity (Wildman–Crippen MR) is 67.0 cm³/mol. The van der Waals surface area contributed by atoms with Crippen LogP contribution in [0.5, 0.6) is 0 Å². The Labute approximate surface area is 101 Å². The number of anilines is 1. The van der Waals surface area contributed by atoms with E-state index in [-0.39, 0.29) is 11.9 Å². The summed E-state index contributed by atoms with van der Waals surface area (Å²) in [6, 6.07) is 7.52. The molecule has 0 aromatic heterocycles. The monoisotopic (exact) mass is 286 g/mol. The van der Waals surface area contributed by atoms with Crippen LogP contribution >= 0.6 is 27.7 Å². The van der Waals surface area contributed by atoms with Crippen LogP contribution in [-0.4, -0.2) is 23.6 Å². The molecule has 1 aromatic carbocycles. The Morgan fingerprint density at radius 2 is 2.20 bits per heavy atom. The second-order valence-electron chi connectivity index (χ2n) is 3.27. The molecule has 1 amide bonds. The van der Waals surface area contributed by atoms with E-state index in [1.807, 2.05) is 24.3 Å². The van der Waals surface area contributed by atoms with Crippen LogP contribution in [0.25, 0.3) is 0 Å². The second-order valence-corrected chi connectivity index (χ2v) is 5.21. The van der Waals surface area contributed by atoms with Crippen molar-refractivity contribution in [2.24, 2.45) is 0 Å². The average Bonchev–Trinajstić information content (AvgIpc) is 2.74. The highest BCUT2D eigenvalue weighted by Gasteiger charge is 2.22. The fraction of sp³-hybridized carbons (Fsp3) is 0.300. The summed E-state index contributed by atoms with van der Waals surface area (Å²) < 4.78 is 1.01. The van der Waals surface area contributed by atoms with Crippen molar-refractivity contribution in [1.29, 1.82) is 0 Å². The van der Waals surface area contributed by atoms with E-state index in [0.29, 0.717) is 0 Å². The first-order valence-electron chi connectivity index (χ1n) is 4.63. The molecule has 2 N–H and O–H groups in total. The summed E-state index contributed by atoms with van der Waals surface area (Å²) in [7, 11) is 0. The zero-order valence-corrected chi connectivity index (χ0v) is 10.4. The first-order valence-corrected chi connectivity index (χ1v) is 6.58. The molecular weight excluding hydrogens is 276 g/mol. The molecule has 3 nitrogen and oxygen atoms in total. The molecule has 2 rings (SSSR count). The summed E-state index contributed by atoms with van der Waals surface area (Å²) in [5.41, 5.74) is 0.835. The van der Waals surface area contributed by atoms with Crippen molar-refractivity contribution >= 4 is 39.3 Å². The highest BCUT2D eigenvalue weighted by atomic mass is 79.9. The molecule has 5 heteroatoms. The molecule has 1 unspecified atom stereocenters. The lowest BCUT2D eigenvalue weighted by Gasteiger charge is -2.10. The SMILES string of the molecule is O=C(Nc1ccc(Br)cc1)C1CSCN1. The van der Waals surface area contributed by atoms with Gasteiger partial charge in [-0.25, -0.2) is 0 Å². The Balaban J connectivity index is 1.96. The highest BCUT2D eigenvalue weighted by Crippen LogP contribution is 2.16. The molecule has 1 atom stereocenters. The van der Waals surface area contributed by atoms with Crippen molar-refractivity contribution in [2.45, 2.75) is 6.04 Å². The summed E-state index contributed by atoms with van der Waals surface area (Å²) in [6.07, 6.45) is 0. The van der Waals surface area contributed by atoms with E-state index in [4.69, 9.17) is 0 Å². The topological polar surface area (TPSA) is 41.1 Å². The number of carbonyl (C=O) groups excluding carboxylic acids is 1. The number of amides is 1. The molecule has 1 aromatic rings. The third-order valence-electron chi connectivity index (χ3n) is 2.14. The third kappa shape index (κ3) is 2.96. The van der Waals surface area contributed by atoms with E-state index in [0.717, 1.165) is 21.8 Å². The van der Waals surface area contributed by atoms with E-state index >= 15 is 0 Å². The van der Waals surface area contributed by atoms with Crippen LogP contribution in [0.1, 0.15) is 0 Å². The molecule has 1 aliphatic rings. The average molecular weight is 287 g/mol. The molecule has 80 valence electrons. The van der Waals surface area contributed by atoms with Gasteiger partial charge in [-0.05, 0) is 24.3 Å². The van der Waals surface area contributed by atoms with Crippen LogP contribution < -0.4 is 10.6 Å². The molecule has 0 aliphatic carbocycles. The summed E-state index contributed by atoms with van der Waals surface area (Å²) >= 11 is 5.09. The first-order chi connectivity index (χ1) is 7.25. The van der Waals surface area contributed by atoms with E-state index in [1.165, 1.54) is 0 Å². The standard InChI is InChI=1S/C10H11BrN2OS/c11-7-1-3-8(4-2-7)13-10(14)9-5-15-6-12-9/h1-4,9,12H,5-6H2,(H,13,14). The van der Waals surface area contributed by atoms with Gasteiger partial charge in [-0.15, -0.1) is 11.8 Å². The lowest BCUT2D eigenvalue weighted by Crippen LogP contribution is -2.37. The van der Waals surface area contributed by atoms with Gasteiger partial charge < -0.3 is 5.32 Å². The number of rotatable bonds is 2. The number of carbonyl (C=O) groups is 1. The van der Waals surface area contributed by atoms with Gasteiger partial charge >= 0.3 is 0 Å². The minimum atomic E-state index is -0.0568. The second kappa shape index (κ2) is 5.01. The molecule has 0 bridgehead atoms. The van der Waals surface area contributed by atoms with Gasteiger partial charge in [0.1, 0.15) is 0 Å². The van der Waals surface area contributed by atoms with Crippen molar-refractivity contribution in [3.8, 4) is 0 Å². The number of thioether (sulfide) groups is 1. The minimum absolute atomic E-state index is 0.0438. The molecule has 1 saturated heterocycles. The molecule has 0 saturated carbocycles. The van der Waals surface area contributed by atoms with Gasteiger partial charge in [0.15, 0.2) is 0 Å². The summed E-state index contributed by atoms with van der Waals surface area (Å²) in [6.45, 7) is 0. The Kier molecular flexibility index (Phi) is 3.66. The minimum Gasteiger partial charge on any atom is -0.325 e. The summed E-state index contributed by atoms with van der Waals surface area (Å²) in [4.78, 5) is 11.7. The Hall–Kier alpha value is -0.520. The fourth-order valence-corrected chi connectivity index (χ4v) is 2.53.